The molecule has 1 atom stereocenters. The summed E-state index contributed by atoms with van der Waals surface area (Å²) in [7, 11) is -3.56. The number of aliphatic hydroxyl groups is 1. The van der Waals surface area contributed by atoms with Gasteiger partial charge in [0.2, 0.25) is 10.0 Å². The van der Waals surface area contributed by atoms with Crippen LogP contribution in [0.25, 0.3) is 0 Å². The molecule has 0 spiro atoms. The number of morpholine rings is 1. The highest BCUT2D eigenvalue weighted by Gasteiger charge is 2.26. The average Bonchev–Trinajstić information content (AvgIpc) is 2.46. The van der Waals surface area contributed by atoms with E-state index in [4.69, 9.17) is 4.74 Å². The van der Waals surface area contributed by atoms with Crippen LogP contribution in [0.1, 0.15) is 13.8 Å². The Morgan fingerprint density at radius 1 is 1.43 bits per heavy atom. The van der Waals surface area contributed by atoms with Crippen molar-refractivity contribution in [2.24, 2.45) is 0 Å². The molecule has 118 valence electrons. The van der Waals surface area contributed by atoms with Gasteiger partial charge < -0.3 is 14.7 Å². The van der Waals surface area contributed by atoms with Crippen LogP contribution >= 0.6 is 0 Å². The molecule has 0 bridgehead atoms. The quantitative estimate of drug-likeness (QED) is 0.831. The zero-order valence-corrected chi connectivity index (χ0v) is 13.1. The van der Waals surface area contributed by atoms with Gasteiger partial charge in [0.25, 0.3) is 0 Å². The molecule has 0 aliphatic carbocycles. The van der Waals surface area contributed by atoms with Crippen LogP contribution in [-0.4, -0.2) is 52.0 Å². The van der Waals surface area contributed by atoms with Crippen LogP contribution in [0.4, 0.5) is 5.69 Å². The number of ether oxygens (including phenoxy) is 1. The molecule has 1 aliphatic rings. The third-order valence-electron chi connectivity index (χ3n) is 3.23. The predicted octanol–water partition coefficient (Wildman–Crippen LogP) is 0.571. The normalized spacial score (nSPS) is 20.0. The van der Waals surface area contributed by atoms with Gasteiger partial charge in [-0.3, -0.25) is 0 Å². The summed E-state index contributed by atoms with van der Waals surface area (Å²) in [5.41, 5.74) is 0.646. The van der Waals surface area contributed by atoms with E-state index in [1.54, 1.807) is 32.0 Å². The maximum absolute atomic E-state index is 12.4. The molecule has 2 N–H and O–H groups in total. The topological polar surface area (TPSA) is 78.9 Å². The van der Waals surface area contributed by atoms with Gasteiger partial charge in [-0.2, -0.15) is 0 Å². The van der Waals surface area contributed by atoms with Crippen molar-refractivity contribution < 1.29 is 18.3 Å². The summed E-state index contributed by atoms with van der Waals surface area (Å²) < 4.78 is 32.9. The van der Waals surface area contributed by atoms with Crippen LogP contribution < -0.4 is 9.62 Å². The molecule has 1 saturated heterocycles. The van der Waals surface area contributed by atoms with Crippen LogP contribution in [0.2, 0.25) is 0 Å². The fourth-order valence-corrected chi connectivity index (χ4v) is 3.85. The van der Waals surface area contributed by atoms with E-state index in [-0.39, 0.29) is 23.6 Å². The third kappa shape index (κ3) is 3.94. The van der Waals surface area contributed by atoms with E-state index in [1.807, 2.05) is 11.0 Å². The number of nitrogens with one attached hydrogen (secondary N) is 1. The Kier molecular flexibility index (Phi) is 5.21. The van der Waals surface area contributed by atoms with Crippen molar-refractivity contribution in [3.8, 4) is 0 Å². The van der Waals surface area contributed by atoms with Crippen LogP contribution in [0.3, 0.4) is 0 Å². The largest absolute Gasteiger partial charge is 0.394 e. The highest BCUT2D eigenvalue weighted by molar-refractivity contribution is 7.89. The fourth-order valence-electron chi connectivity index (χ4n) is 2.37. The first-order valence-electron chi connectivity index (χ1n) is 7.03. The molecule has 21 heavy (non-hydrogen) atoms. The molecular weight excluding hydrogens is 292 g/mol. The number of sulfonamides is 1. The van der Waals surface area contributed by atoms with E-state index in [9.17, 15) is 13.5 Å². The van der Waals surface area contributed by atoms with Gasteiger partial charge in [-0.1, -0.05) is 12.1 Å². The fraction of sp³-hybridized carbons (Fsp3) is 0.571. The van der Waals surface area contributed by atoms with E-state index in [0.717, 1.165) is 0 Å². The van der Waals surface area contributed by atoms with Gasteiger partial charge in [0.15, 0.2) is 0 Å². The van der Waals surface area contributed by atoms with Crippen molar-refractivity contribution in [1.82, 2.24) is 4.72 Å². The van der Waals surface area contributed by atoms with Crippen molar-refractivity contribution in [3.05, 3.63) is 24.3 Å². The summed E-state index contributed by atoms with van der Waals surface area (Å²) in [5.74, 6) is 0. The Balaban J connectivity index is 2.33. The molecule has 1 aromatic carbocycles. The third-order valence-corrected chi connectivity index (χ3v) is 4.93. The van der Waals surface area contributed by atoms with Gasteiger partial charge in [-0.15, -0.1) is 0 Å². The Morgan fingerprint density at radius 3 is 2.81 bits per heavy atom. The first-order valence-corrected chi connectivity index (χ1v) is 8.51. The lowest BCUT2D eigenvalue weighted by Gasteiger charge is -2.34. The van der Waals surface area contributed by atoms with Crippen molar-refractivity contribution in [2.75, 3.05) is 31.2 Å². The molecule has 1 aliphatic heterocycles. The number of hydrogen-bond donors (Lipinski definition) is 2. The van der Waals surface area contributed by atoms with Crippen molar-refractivity contribution in [1.29, 1.82) is 0 Å². The Bertz CT molecular complexity index is 574. The van der Waals surface area contributed by atoms with E-state index < -0.39 is 10.0 Å². The van der Waals surface area contributed by atoms with Gasteiger partial charge in [0.1, 0.15) is 4.90 Å². The second-order valence-electron chi connectivity index (χ2n) is 5.37. The minimum Gasteiger partial charge on any atom is -0.394 e. The summed E-state index contributed by atoms with van der Waals surface area (Å²) in [6, 6.07) is 6.74. The average molecular weight is 314 g/mol. The number of benzene rings is 1. The standard InChI is InChI=1S/C14H22N2O4S/c1-11(2)15-21(18,19)14-6-4-3-5-13(14)16-7-8-20-12(9-16)10-17/h3-6,11-12,15,17H,7-10H2,1-2H3. The van der Waals surface area contributed by atoms with E-state index in [0.29, 0.717) is 25.4 Å². The highest BCUT2D eigenvalue weighted by atomic mass is 32.2. The number of nitrogens with zero attached hydrogens (tertiary/aromatic N) is 1. The summed E-state index contributed by atoms with van der Waals surface area (Å²) in [6.45, 7) is 5.05. The van der Waals surface area contributed by atoms with Crippen molar-refractivity contribution in [2.45, 2.75) is 30.9 Å². The second-order valence-corrected chi connectivity index (χ2v) is 7.05. The van der Waals surface area contributed by atoms with Crippen LogP contribution in [-0.2, 0) is 14.8 Å². The van der Waals surface area contributed by atoms with Crippen LogP contribution in [0.5, 0.6) is 0 Å². The number of rotatable bonds is 5. The zero-order chi connectivity index (χ0) is 15.5. The Morgan fingerprint density at radius 2 is 2.14 bits per heavy atom. The SMILES string of the molecule is CC(C)NS(=O)(=O)c1ccccc1N1CCOC(CO)C1. The molecule has 0 aromatic heterocycles. The van der Waals surface area contributed by atoms with Gasteiger partial charge in [0, 0.05) is 19.1 Å². The van der Waals surface area contributed by atoms with E-state index in [1.165, 1.54) is 0 Å². The van der Waals surface area contributed by atoms with Gasteiger partial charge >= 0.3 is 0 Å². The van der Waals surface area contributed by atoms with Crippen LogP contribution in [0.15, 0.2) is 29.2 Å². The number of anilines is 1. The zero-order valence-electron chi connectivity index (χ0n) is 12.3. The number of aliphatic hydroxyl groups excluding tert-OH is 1. The highest BCUT2D eigenvalue weighted by Crippen LogP contribution is 2.26. The molecule has 6 nitrogen and oxygen atoms in total. The number of para-hydroxylation sites is 1. The monoisotopic (exact) mass is 314 g/mol. The Hall–Kier alpha value is -1.15. The maximum Gasteiger partial charge on any atom is 0.242 e. The summed E-state index contributed by atoms with van der Waals surface area (Å²) in [6.07, 6.45) is -0.285. The van der Waals surface area contributed by atoms with Gasteiger partial charge in [0.05, 0.1) is 25.0 Å². The summed E-state index contributed by atoms with van der Waals surface area (Å²) in [5, 5.41) is 9.22. The first kappa shape index (κ1) is 16.2. The lowest BCUT2D eigenvalue weighted by atomic mass is 10.2. The predicted molar refractivity (Wildman–Crippen MR) is 80.9 cm³/mol. The lowest BCUT2D eigenvalue weighted by molar-refractivity contribution is 0.00343. The minimum absolute atomic E-state index is 0.0737. The van der Waals surface area contributed by atoms with Crippen molar-refractivity contribution >= 4 is 15.7 Å². The van der Waals surface area contributed by atoms with Crippen LogP contribution in [0, 0.1) is 0 Å². The second kappa shape index (κ2) is 6.74. The molecule has 1 heterocycles. The van der Waals surface area contributed by atoms with E-state index >= 15 is 0 Å². The molecule has 0 radical (unpaired) electrons. The smallest absolute Gasteiger partial charge is 0.242 e. The molecule has 0 saturated carbocycles. The first-order chi connectivity index (χ1) is 9.94. The maximum atomic E-state index is 12.4. The molecule has 2 rings (SSSR count). The molecule has 1 unspecified atom stereocenters. The molecular formula is C14H22N2O4S. The molecule has 1 aromatic rings. The van der Waals surface area contributed by atoms with Gasteiger partial charge in [-0.05, 0) is 26.0 Å². The van der Waals surface area contributed by atoms with Gasteiger partial charge in [-0.25, -0.2) is 13.1 Å². The summed E-state index contributed by atoms with van der Waals surface area (Å²) in [4.78, 5) is 2.21. The number of hydrogen-bond acceptors (Lipinski definition) is 5. The minimum atomic E-state index is -3.56. The summed E-state index contributed by atoms with van der Waals surface area (Å²) >= 11 is 0. The molecule has 0 amide bonds. The van der Waals surface area contributed by atoms with E-state index in [2.05, 4.69) is 4.72 Å². The van der Waals surface area contributed by atoms with Crippen molar-refractivity contribution in [3.63, 3.8) is 0 Å². The lowest BCUT2D eigenvalue weighted by Crippen LogP contribution is -2.45. The molecule has 7 heteroatoms. The Labute approximate surface area is 125 Å². The molecule has 1 fully saturated rings.